The van der Waals surface area contributed by atoms with Crippen molar-refractivity contribution in [3.8, 4) is 5.75 Å². The number of nitrogens with zero attached hydrogens (tertiary/aromatic N) is 1. The normalized spacial score (nSPS) is 11.3. The molecule has 0 aliphatic rings. The first-order valence-corrected chi connectivity index (χ1v) is 10.2. The Balaban J connectivity index is 2.01. The van der Waals surface area contributed by atoms with Crippen LogP contribution in [0.1, 0.15) is 23.6 Å². The number of carbonyl (C=O) groups is 1. The zero-order valence-corrected chi connectivity index (χ0v) is 17.0. The van der Waals surface area contributed by atoms with Crippen LogP contribution in [0.3, 0.4) is 0 Å². The van der Waals surface area contributed by atoms with Crippen LogP contribution < -0.4 is 9.46 Å². The Kier molecular flexibility index (Phi) is 6.98. The molecule has 0 spiro atoms. The molecule has 0 unspecified atom stereocenters. The second-order valence-electron chi connectivity index (χ2n) is 6.46. The molecular formula is C20H26N2O4S. The summed E-state index contributed by atoms with van der Waals surface area (Å²) >= 11 is 0. The quantitative estimate of drug-likeness (QED) is 0.752. The molecule has 0 heterocycles. The SMILES string of the molecule is COc1ccc(S(=O)(=O)NCCN(Cc2cccc(C)c2)C(C)=O)cc1C. The van der Waals surface area contributed by atoms with Crippen molar-refractivity contribution in [1.82, 2.24) is 9.62 Å². The molecule has 0 aliphatic heterocycles. The Morgan fingerprint density at radius 1 is 1.15 bits per heavy atom. The van der Waals surface area contributed by atoms with Gasteiger partial charge in [0.15, 0.2) is 0 Å². The number of sulfonamides is 1. The number of benzene rings is 2. The fourth-order valence-electron chi connectivity index (χ4n) is 2.80. The lowest BCUT2D eigenvalue weighted by atomic mass is 10.1. The summed E-state index contributed by atoms with van der Waals surface area (Å²) in [6, 6.07) is 12.6. The molecule has 2 aromatic rings. The highest BCUT2D eigenvalue weighted by Gasteiger charge is 2.16. The van der Waals surface area contributed by atoms with Crippen molar-refractivity contribution in [2.24, 2.45) is 0 Å². The molecule has 0 atom stereocenters. The molecule has 0 saturated heterocycles. The van der Waals surface area contributed by atoms with Crippen molar-refractivity contribution >= 4 is 15.9 Å². The molecule has 1 amide bonds. The summed E-state index contributed by atoms with van der Waals surface area (Å²) in [5, 5.41) is 0. The van der Waals surface area contributed by atoms with E-state index in [9.17, 15) is 13.2 Å². The number of rotatable bonds is 8. The maximum Gasteiger partial charge on any atom is 0.240 e. The van der Waals surface area contributed by atoms with Crippen LogP contribution in [0.2, 0.25) is 0 Å². The number of nitrogens with one attached hydrogen (secondary N) is 1. The van der Waals surface area contributed by atoms with E-state index in [1.54, 1.807) is 31.1 Å². The number of ether oxygens (including phenoxy) is 1. The van der Waals surface area contributed by atoms with Crippen LogP contribution in [0.15, 0.2) is 47.4 Å². The van der Waals surface area contributed by atoms with Crippen LogP contribution >= 0.6 is 0 Å². The minimum absolute atomic E-state index is 0.101. The zero-order chi connectivity index (χ0) is 20.0. The zero-order valence-electron chi connectivity index (χ0n) is 16.2. The first-order chi connectivity index (χ1) is 12.7. The molecule has 146 valence electrons. The third-order valence-corrected chi connectivity index (χ3v) is 5.71. The average molecular weight is 391 g/mol. The lowest BCUT2D eigenvalue weighted by molar-refractivity contribution is -0.129. The van der Waals surface area contributed by atoms with E-state index < -0.39 is 10.0 Å². The van der Waals surface area contributed by atoms with Gasteiger partial charge in [-0.25, -0.2) is 13.1 Å². The van der Waals surface area contributed by atoms with Gasteiger partial charge in [-0.3, -0.25) is 4.79 Å². The minimum Gasteiger partial charge on any atom is -0.496 e. The van der Waals surface area contributed by atoms with E-state index in [1.165, 1.54) is 13.0 Å². The van der Waals surface area contributed by atoms with Gasteiger partial charge in [-0.05, 0) is 43.2 Å². The van der Waals surface area contributed by atoms with Gasteiger partial charge in [0.1, 0.15) is 5.75 Å². The van der Waals surface area contributed by atoms with Gasteiger partial charge in [-0.2, -0.15) is 0 Å². The van der Waals surface area contributed by atoms with Crippen molar-refractivity contribution in [2.75, 3.05) is 20.2 Å². The number of aryl methyl sites for hydroxylation is 2. The topological polar surface area (TPSA) is 75.7 Å². The standard InChI is InChI=1S/C20H26N2O4S/c1-15-6-5-7-18(12-15)14-22(17(3)23)11-10-21-27(24,25)19-8-9-20(26-4)16(2)13-19/h5-9,12-13,21H,10-11,14H2,1-4H3. The van der Waals surface area contributed by atoms with Crippen molar-refractivity contribution in [3.05, 3.63) is 59.2 Å². The number of carbonyl (C=O) groups excluding carboxylic acids is 1. The molecule has 0 bridgehead atoms. The fourth-order valence-corrected chi connectivity index (χ4v) is 3.90. The molecule has 0 fully saturated rings. The summed E-state index contributed by atoms with van der Waals surface area (Å²) in [7, 11) is -2.11. The predicted molar refractivity (Wildman–Crippen MR) is 105 cm³/mol. The van der Waals surface area contributed by atoms with Crippen LogP contribution in [0, 0.1) is 13.8 Å². The smallest absolute Gasteiger partial charge is 0.240 e. The number of hydrogen-bond acceptors (Lipinski definition) is 4. The van der Waals surface area contributed by atoms with Gasteiger partial charge < -0.3 is 9.64 Å². The highest BCUT2D eigenvalue weighted by Crippen LogP contribution is 2.21. The van der Waals surface area contributed by atoms with Gasteiger partial charge >= 0.3 is 0 Å². The second kappa shape index (κ2) is 9.01. The Hall–Kier alpha value is -2.38. The molecule has 6 nitrogen and oxygen atoms in total. The third-order valence-electron chi connectivity index (χ3n) is 4.25. The summed E-state index contributed by atoms with van der Waals surface area (Å²) in [6.45, 7) is 6.14. The van der Waals surface area contributed by atoms with Gasteiger partial charge in [-0.15, -0.1) is 0 Å². The van der Waals surface area contributed by atoms with Crippen LogP contribution in [-0.4, -0.2) is 39.4 Å². The fraction of sp³-hybridized carbons (Fsp3) is 0.350. The Bertz CT molecular complexity index is 910. The summed E-state index contributed by atoms with van der Waals surface area (Å²) in [4.78, 5) is 13.7. The van der Waals surface area contributed by atoms with Crippen LogP contribution in [0.25, 0.3) is 0 Å². The van der Waals surface area contributed by atoms with E-state index >= 15 is 0 Å². The molecule has 1 N–H and O–H groups in total. The third kappa shape index (κ3) is 5.80. The molecule has 0 radical (unpaired) electrons. The summed E-state index contributed by atoms with van der Waals surface area (Å²) in [5.74, 6) is 0.533. The highest BCUT2D eigenvalue weighted by molar-refractivity contribution is 7.89. The maximum atomic E-state index is 12.5. The van der Waals surface area contributed by atoms with Gasteiger partial charge in [-0.1, -0.05) is 29.8 Å². The predicted octanol–water partition coefficient (Wildman–Crippen LogP) is 2.64. The second-order valence-corrected chi connectivity index (χ2v) is 8.23. The average Bonchev–Trinajstić information content (AvgIpc) is 2.60. The first kappa shape index (κ1) is 20.9. The van der Waals surface area contributed by atoms with Gasteiger partial charge in [0, 0.05) is 26.6 Å². The summed E-state index contributed by atoms with van der Waals surface area (Å²) < 4.78 is 32.7. The molecule has 0 saturated carbocycles. The van der Waals surface area contributed by atoms with E-state index in [0.29, 0.717) is 12.3 Å². The lowest BCUT2D eigenvalue weighted by Gasteiger charge is -2.21. The van der Waals surface area contributed by atoms with E-state index in [2.05, 4.69) is 4.72 Å². The van der Waals surface area contributed by atoms with Crippen molar-refractivity contribution in [2.45, 2.75) is 32.2 Å². The molecule has 27 heavy (non-hydrogen) atoms. The molecule has 0 aromatic heterocycles. The largest absolute Gasteiger partial charge is 0.496 e. The van der Waals surface area contributed by atoms with E-state index in [0.717, 1.165) is 16.7 Å². The first-order valence-electron chi connectivity index (χ1n) is 8.68. The van der Waals surface area contributed by atoms with E-state index in [1.807, 2.05) is 31.2 Å². The van der Waals surface area contributed by atoms with Gasteiger partial charge in [0.2, 0.25) is 15.9 Å². The number of methoxy groups -OCH3 is 1. The van der Waals surface area contributed by atoms with Gasteiger partial charge in [0.05, 0.1) is 12.0 Å². The Morgan fingerprint density at radius 2 is 1.89 bits per heavy atom. The minimum atomic E-state index is -3.65. The van der Waals surface area contributed by atoms with E-state index in [4.69, 9.17) is 4.74 Å². The molecule has 7 heteroatoms. The number of amides is 1. The Labute approximate surface area is 161 Å². The summed E-state index contributed by atoms with van der Waals surface area (Å²) in [6.07, 6.45) is 0. The van der Waals surface area contributed by atoms with Crippen molar-refractivity contribution < 1.29 is 17.9 Å². The lowest BCUT2D eigenvalue weighted by Crippen LogP contribution is -2.37. The van der Waals surface area contributed by atoms with Crippen molar-refractivity contribution in [3.63, 3.8) is 0 Å². The van der Waals surface area contributed by atoms with Crippen LogP contribution in [-0.2, 0) is 21.4 Å². The highest BCUT2D eigenvalue weighted by atomic mass is 32.2. The maximum absolute atomic E-state index is 12.5. The van der Waals surface area contributed by atoms with Crippen LogP contribution in [0.4, 0.5) is 0 Å². The number of hydrogen-bond donors (Lipinski definition) is 1. The summed E-state index contributed by atoms with van der Waals surface area (Å²) in [5.41, 5.74) is 2.87. The Morgan fingerprint density at radius 3 is 2.48 bits per heavy atom. The van der Waals surface area contributed by atoms with Crippen LogP contribution in [0.5, 0.6) is 5.75 Å². The van der Waals surface area contributed by atoms with E-state index in [-0.39, 0.29) is 23.9 Å². The monoisotopic (exact) mass is 390 g/mol. The molecular weight excluding hydrogens is 364 g/mol. The van der Waals surface area contributed by atoms with Crippen molar-refractivity contribution in [1.29, 1.82) is 0 Å². The molecule has 2 aromatic carbocycles. The molecule has 0 aliphatic carbocycles. The van der Waals surface area contributed by atoms with Gasteiger partial charge in [0.25, 0.3) is 0 Å². The molecule has 2 rings (SSSR count).